The quantitative estimate of drug-likeness (QED) is 0.814. The number of aromatic amines is 1. The second-order valence-electron chi connectivity index (χ2n) is 5.44. The van der Waals surface area contributed by atoms with E-state index in [1.807, 2.05) is 6.20 Å². The molecule has 2 aliphatic heterocycles. The van der Waals surface area contributed by atoms with Crippen LogP contribution in [-0.2, 0) is 0 Å². The molecule has 5 heteroatoms. The Morgan fingerprint density at radius 1 is 1.33 bits per heavy atom. The van der Waals surface area contributed by atoms with Gasteiger partial charge in [0.1, 0.15) is 17.8 Å². The average molecular weight is 243 g/mol. The van der Waals surface area contributed by atoms with Crippen LogP contribution in [0.1, 0.15) is 6.42 Å². The van der Waals surface area contributed by atoms with Gasteiger partial charge in [-0.25, -0.2) is 9.97 Å². The summed E-state index contributed by atoms with van der Waals surface area (Å²) < 4.78 is 0. The second kappa shape index (κ2) is 3.68. The van der Waals surface area contributed by atoms with Crippen LogP contribution in [0.25, 0.3) is 11.0 Å². The van der Waals surface area contributed by atoms with E-state index >= 15 is 0 Å². The van der Waals surface area contributed by atoms with Crippen molar-refractivity contribution in [3.63, 3.8) is 0 Å². The molecule has 4 rings (SSSR count). The molecule has 0 spiro atoms. The molecule has 2 fully saturated rings. The highest BCUT2D eigenvalue weighted by Gasteiger charge is 2.40. The van der Waals surface area contributed by atoms with Crippen molar-refractivity contribution in [3.8, 4) is 0 Å². The van der Waals surface area contributed by atoms with Crippen LogP contribution in [-0.4, -0.2) is 52.6 Å². The highest BCUT2D eigenvalue weighted by atomic mass is 15.3. The van der Waals surface area contributed by atoms with Crippen LogP contribution in [0.3, 0.4) is 0 Å². The first-order valence-electron chi connectivity index (χ1n) is 6.56. The molecular weight excluding hydrogens is 226 g/mol. The van der Waals surface area contributed by atoms with E-state index in [1.165, 1.54) is 13.0 Å². The van der Waals surface area contributed by atoms with Gasteiger partial charge in [-0.3, -0.25) is 0 Å². The van der Waals surface area contributed by atoms with Crippen LogP contribution >= 0.6 is 0 Å². The van der Waals surface area contributed by atoms with Crippen LogP contribution in [0.2, 0.25) is 0 Å². The zero-order chi connectivity index (χ0) is 12.1. The normalized spacial score (nSPS) is 28.2. The van der Waals surface area contributed by atoms with Crippen LogP contribution < -0.4 is 4.90 Å². The minimum Gasteiger partial charge on any atom is -0.354 e. The fourth-order valence-electron chi connectivity index (χ4n) is 3.46. The minimum atomic E-state index is 0.703. The minimum absolute atomic E-state index is 0.703. The first kappa shape index (κ1) is 10.3. The maximum Gasteiger partial charge on any atom is 0.142 e. The number of nitrogens with zero attached hydrogens (tertiary/aromatic N) is 4. The van der Waals surface area contributed by atoms with E-state index < -0.39 is 0 Å². The summed E-state index contributed by atoms with van der Waals surface area (Å²) in [4.78, 5) is 16.8. The number of aromatic nitrogens is 3. The van der Waals surface area contributed by atoms with Gasteiger partial charge in [0.05, 0.1) is 5.39 Å². The van der Waals surface area contributed by atoms with Gasteiger partial charge < -0.3 is 14.8 Å². The molecule has 0 radical (unpaired) electrons. The number of likely N-dealkylation sites (N-methyl/N-ethyl adjacent to an activating group) is 1. The molecule has 5 nitrogen and oxygen atoms in total. The van der Waals surface area contributed by atoms with Crippen molar-refractivity contribution in [2.45, 2.75) is 12.5 Å². The summed E-state index contributed by atoms with van der Waals surface area (Å²) in [5.41, 5.74) is 0.936. The summed E-state index contributed by atoms with van der Waals surface area (Å²) in [6.07, 6.45) is 4.91. The van der Waals surface area contributed by atoms with Crippen LogP contribution in [0.5, 0.6) is 0 Å². The maximum atomic E-state index is 4.49. The molecular formula is C13H17N5. The molecule has 0 aliphatic carbocycles. The third kappa shape index (κ3) is 1.37. The molecule has 4 heterocycles. The molecule has 2 atom stereocenters. The molecule has 2 aromatic heterocycles. The molecule has 0 amide bonds. The van der Waals surface area contributed by atoms with Gasteiger partial charge in [-0.15, -0.1) is 0 Å². The lowest BCUT2D eigenvalue weighted by atomic mass is 10.1. The number of H-pyrrole nitrogens is 1. The Morgan fingerprint density at radius 3 is 3.17 bits per heavy atom. The summed E-state index contributed by atoms with van der Waals surface area (Å²) in [6.45, 7) is 3.47. The van der Waals surface area contributed by atoms with Gasteiger partial charge in [0, 0.05) is 25.3 Å². The van der Waals surface area contributed by atoms with Crippen molar-refractivity contribution in [1.29, 1.82) is 0 Å². The van der Waals surface area contributed by atoms with Gasteiger partial charge in [-0.1, -0.05) is 0 Å². The van der Waals surface area contributed by atoms with Crippen LogP contribution in [0.4, 0.5) is 5.82 Å². The van der Waals surface area contributed by atoms with E-state index in [-0.39, 0.29) is 0 Å². The molecule has 0 unspecified atom stereocenters. The Kier molecular flexibility index (Phi) is 2.11. The molecule has 2 saturated heterocycles. The Bertz CT molecular complexity index is 578. The molecule has 2 aromatic rings. The van der Waals surface area contributed by atoms with E-state index in [0.717, 1.165) is 35.9 Å². The summed E-state index contributed by atoms with van der Waals surface area (Å²) in [6, 6.07) is 2.77. The third-order valence-corrected chi connectivity index (χ3v) is 4.46. The summed E-state index contributed by atoms with van der Waals surface area (Å²) in [7, 11) is 2.24. The van der Waals surface area contributed by atoms with Crippen LogP contribution in [0.15, 0.2) is 18.6 Å². The van der Waals surface area contributed by atoms with Gasteiger partial charge in [-0.05, 0) is 32.0 Å². The molecule has 0 saturated carbocycles. The molecule has 94 valence electrons. The smallest absolute Gasteiger partial charge is 0.142 e. The standard InChI is InChI=1S/C13H17N5/c1-17-5-3-9-6-18(7-11(9)17)13-10-2-4-14-12(10)15-8-16-13/h2,4,8-9,11H,3,5-7H2,1H3,(H,14,15,16)/t9-,11+/m1/s1. The van der Waals surface area contributed by atoms with E-state index in [9.17, 15) is 0 Å². The van der Waals surface area contributed by atoms with Gasteiger partial charge in [0.25, 0.3) is 0 Å². The summed E-state index contributed by atoms with van der Waals surface area (Å²) >= 11 is 0. The predicted molar refractivity (Wildman–Crippen MR) is 70.6 cm³/mol. The second-order valence-corrected chi connectivity index (χ2v) is 5.44. The van der Waals surface area contributed by atoms with Crippen LogP contribution in [0, 0.1) is 5.92 Å². The predicted octanol–water partition coefficient (Wildman–Crippen LogP) is 1.10. The van der Waals surface area contributed by atoms with Gasteiger partial charge >= 0.3 is 0 Å². The fourth-order valence-corrected chi connectivity index (χ4v) is 3.46. The SMILES string of the molecule is CN1CC[C@@H]2CN(c3ncnc4[nH]ccc34)C[C@@H]21. The maximum absolute atomic E-state index is 4.49. The summed E-state index contributed by atoms with van der Waals surface area (Å²) in [5, 5.41) is 1.14. The summed E-state index contributed by atoms with van der Waals surface area (Å²) in [5.74, 6) is 1.89. The highest BCUT2D eigenvalue weighted by molar-refractivity contribution is 5.87. The number of rotatable bonds is 1. The zero-order valence-electron chi connectivity index (χ0n) is 10.5. The van der Waals surface area contributed by atoms with Crippen molar-refractivity contribution < 1.29 is 0 Å². The van der Waals surface area contributed by atoms with E-state index in [2.05, 4.69) is 37.9 Å². The average Bonchev–Trinajstić information content (AvgIpc) is 3.06. The number of hydrogen-bond acceptors (Lipinski definition) is 4. The molecule has 0 aromatic carbocycles. The van der Waals surface area contributed by atoms with Gasteiger partial charge in [0.2, 0.25) is 0 Å². The lowest BCUT2D eigenvalue weighted by Gasteiger charge is -2.21. The first-order valence-corrected chi connectivity index (χ1v) is 6.56. The van der Waals surface area contributed by atoms with Gasteiger partial charge in [0.15, 0.2) is 0 Å². The lowest BCUT2D eigenvalue weighted by Crippen LogP contribution is -2.32. The van der Waals surface area contributed by atoms with Crippen molar-refractivity contribution in [1.82, 2.24) is 19.9 Å². The molecule has 0 bridgehead atoms. The number of fused-ring (bicyclic) bond motifs is 2. The van der Waals surface area contributed by atoms with E-state index in [0.29, 0.717) is 6.04 Å². The largest absolute Gasteiger partial charge is 0.354 e. The van der Waals surface area contributed by atoms with Crippen molar-refractivity contribution in [2.75, 3.05) is 31.6 Å². The fraction of sp³-hybridized carbons (Fsp3) is 0.538. The molecule has 18 heavy (non-hydrogen) atoms. The van der Waals surface area contributed by atoms with Crippen molar-refractivity contribution in [3.05, 3.63) is 18.6 Å². The third-order valence-electron chi connectivity index (χ3n) is 4.46. The Balaban J connectivity index is 1.70. The first-order chi connectivity index (χ1) is 8.83. The number of anilines is 1. The van der Waals surface area contributed by atoms with Gasteiger partial charge in [-0.2, -0.15) is 0 Å². The van der Waals surface area contributed by atoms with Crippen molar-refractivity contribution >= 4 is 16.9 Å². The van der Waals surface area contributed by atoms with E-state index in [1.54, 1.807) is 6.33 Å². The highest BCUT2D eigenvalue weighted by Crippen LogP contribution is 2.34. The van der Waals surface area contributed by atoms with Crippen molar-refractivity contribution in [2.24, 2.45) is 5.92 Å². The monoisotopic (exact) mass is 243 g/mol. The Hall–Kier alpha value is -1.62. The molecule has 2 aliphatic rings. The Morgan fingerprint density at radius 2 is 2.28 bits per heavy atom. The lowest BCUT2D eigenvalue weighted by molar-refractivity contribution is 0.310. The Labute approximate surface area is 106 Å². The number of nitrogens with one attached hydrogen (secondary N) is 1. The molecule has 1 N–H and O–H groups in total. The zero-order valence-corrected chi connectivity index (χ0v) is 10.5. The number of hydrogen-bond donors (Lipinski definition) is 1. The van der Waals surface area contributed by atoms with E-state index in [4.69, 9.17) is 0 Å². The number of likely N-dealkylation sites (tertiary alicyclic amines) is 1. The topological polar surface area (TPSA) is 48.1 Å².